The molecule has 0 amide bonds. The second-order valence-corrected chi connectivity index (χ2v) is 11.3. The van der Waals surface area contributed by atoms with E-state index >= 15 is 0 Å². The van der Waals surface area contributed by atoms with Crippen molar-refractivity contribution in [3.63, 3.8) is 0 Å². The van der Waals surface area contributed by atoms with Crippen LogP contribution in [0.2, 0.25) is 0 Å². The molecule has 0 radical (unpaired) electrons. The Balaban J connectivity index is 0.000000649. The third-order valence-electron chi connectivity index (χ3n) is 5.82. The lowest BCUT2D eigenvalue weighted by Crippen LogP contribution is -2.45. The van der Waals surface area contributed by atoms with E-state index in [-0.39, 0.29) is 5.97 Å². The summed E-state index contributed by atoms with van der Waals surface area (Å²) in [5, 5.41) is -0.622. The van der Waals surface area contributed by atoms with Gasteiger partial charge in [0.1, 0.15) is 11.4 Å². The number of rotatable bonds is 8. The van der Waals surface area contributed by atoms with Gasteiger partial charge in [-0.05, 0) is 66.8 Å². The van der Waals surface area contributed by atoms with Crippen LogP contribution in [0.4, 0.5) is 13.2 Å². The predicted octanol–water partition coefficient (Wildman–Crippen LogP) is 4.35. The molecule has 1 aliphatic rings. The lowest BCUT2D eigenvalue weighted by molar-refractivity contribution is -0.192. The van der Waals surface area contributed by atoms with Crippen LogP contribution in [0.15, 0.2) is 0 Å². The SMILES string of the molecule is CCC(C)(C)C(=O)OC1CCCCC1S(=O)(=O)NC.CCC(C)(C)C(=O)OCC(F)(F)F. The molecule has 190 valence electrons. The van der Waals surface area contributed by atoms with E-state index < -0.39 is 51.0 Å². The van der Waals surface area contributed by atoms with Gasteiger partial charge in [0.25, 0.3) is 0 Å². The number of carbonyl (C=O) groups excluding carboxylic acids is 2. The number of carbonyl (C=O) groups is 2. The highest BCUT2D eigenvalue weighted by Gasteiger charge is 2.39. The van der Waals surface area contributed by atoms with Crippen molar-refractivity contribution in [2.75, 3.05) is 13.7 Å². The number of hydrogen-bond donors (Lipinski definition) is 1. The fourth-order valence-electron chi connectivity index (χ4n) is 2.63. The van der Waals surface area contributed by atoms with Crippen LogP contribution in [0, 0.1) is 10.8 Å². The molecular weight excluding hydrogens is 451 g/mol. The molecule has 0 aromatic carbocycles. The molecule has 1 saturated carbocycles. The number of nitrogens with one attached hydrogen (secondary N) is 1. The number of sulfonamides is 1. The molecule has 0 aromatic heterocycles. The van der Waals surface area contributed by atoms with Crippen molar-refractivity contribution in [2.24, 2.45) is 10.8 Å². The Morgan fingerprint density at radius 3 is 1.84 bits per heavy atom. The van der Waals surface area contributed by atoms with E-state index in [0.717, 1.165) is 12.8 Å². The fraction of sp³-hybridized carbons (Fsp3) is 0.905. The quantitative estimate of drug-likeness (QED) is 0.509. The van der Waals surface area contributed by atoms with Crippen molar-refractivity contribution in [2.45, 2.75) is 97.6 Å². The molecule has 0 aliphatic heterocycles. The van der Waals surface area contributed by atoms with Crippen molar-refractivity contribution in [3.8, 4) is 0 Å². The second-order valence-electron chi connectivity index (χ2n) is 9.18. The summed E-state index contributed by atoms with van der Waals surface area (Å²) < 4.78 is 70.8. The van der Waals surface area contributed by atoms with Gasteiger partial charge < -0.3 is 9.47 Å². The molecule has 32 heavy (non-hydrogen) atoms. The number of alkyl halides is 3. The maximum Gasteiger partial charge on any atom is 0.422 e. The molecule has 2 unspecified atom stereocenters. The third kappa shape index (κ3) is 10.1. The summed E-state index contributed by atoms with van der Waals surface area (Å²) in [6, 6.07) is 0. The van der Waals surface area contributed by atoms with Gasteiger partial charge in [-0.15, -0.1) is 0 Å². The van der Waals surface area contributed by atoms with E-state index in [1.807, 2.05) is 20.8 Å². The Labute approximate surface area is 189 Å². The molecule has 1 aliphatic carbocycles. The van der Waals surface area contributed by atoms with Crippen molar-refractivity contribution in [1.29, 1.82) is 0 Å². The summed E-state index contributed by atoms with van der Waals surface area (Å²) >= 11 is 0. The van der Waals surface area contributed by atoms with Crippen molar-refractivity contribution in [1.82, 2.24) is 4.72 Å². The first-order valence-electron chi connectivity index (χ1n) is 10.8. The fourth-order valence-corrected chi connectivity index (χ4v) is 4.00. The second kappa shape index (κ2) is 12.2. The number of esters is 2. The summed E-state index contributed by atoms with van der Waals surface area (Å²) in [4.78, 5) is 23.1. The van der Waals surface area contributed by atoms with E-state index in [9.17, 15) is 31.2 Å². The lowest BCUT2D eigenvalue weighted by Gasteiger charge is -2.33. The predicted molar refractivity (Wildman–Crippen MR) is 115 cm³/mol. The summed E-state index contributed by atoms with van der Waals surface area (Å²) in [6.07, 6.45) is -0.919. The first kappa shape index (κ1) is 30.6. The minimum atomic E-state index is -4.44. The highest BCUT2D eigenvalue weighted by molar-refractivity contribution is 7.90. The molecule has 1 N–H and O–H groups in total. The average molecular weight is 490 g/mol. The van der Waals surface area contributed by atoms with Crippen LogP contribution in [0.3, 0.4) is 0 Å². The first-order chi connectivity index (χ1) is 14.4. The van der Waals surface area contributed by atoms with E-state index in [2.05, 4.69) is 9.46 Å². The highest BCUT2D eigenvalue weighted by atomic mass is 32.2. The van der Waals surface area contributed by atoms with Crippen molar-refractivity contribution >= 4 is 22.0 Å². The van der Waals surface area contributed by atoms with Gasteiger partial charge in [-0.25, -0.2) is 13.1 Å². The molecule has 1 rings (SSSR count). The minimum absolute atomic E-state index is 0.307. The van der Waals surface area contributed by atoms with Crippen LogP contribution >= 0.6 is 0 Å². The molecule has 7 nitrogen and oxygen atoms in total. The molecular formula is C21H38F3NO6S. The van der Waals surface area contributed by atoms with Crippen LogP contribution in [-0.4, -0.2) is 51.5 Å². The van der Waals surface area contributed by atoms with Gasteiger partial charge in [-0.3, -0.25) is 9.59 Å². The Bertz CT molecular complexity index is 720. The molecule has 0 bridgehead atoms. The number of hydrogen-bond acceptors (Lipinski definition) is 6. The molecule has 2 atom stereocenters. The van der Waals surface area contributed by atoms with Gasteiger partial charge in [-0.1, -0.05) is 20.3 Å². The van der Waals surface area contributed by atoms with E-state index in [1.54, 1.807) is 20.8 Å². The smallest absolute Gasteiger partial charge is 0.422 e. The first-order valence-corrected chi connectivity index (χ1v) is 12.4. The maximum absolute atomic E-state index is 12.1. The summed E-state index contributed by atoms with van der Waals surface area (Å²) in [5.41, 5.74) is -1.41. The van der Waals surface area contributed by atoms with Crippen molar-refractivity contribution in [3.05, 3.63) is 0 Å². The van der Waals surface area contributed by atoms with Crippen LogP contribution in [0.25, 0.3) is 0 Å². The monoisotopic (exact) mass is 489 g/mol. The minimum Gasteiger partial charge on any atom is -0.461 e. The lowest BCUT2D eigenvalue weighted by atomic mass is 9.90. The normalized spacial score (nSPS) is 20.1. The summed E-state index contributed by atoms with van der Waals surface area (Å²) in [7, 11) is -1.99. The highest BCUT2D eigenvalue weighted by Crippen LogP contribution is 2.30. The van der Waals surface area contributed by atoms with Gasteiger partial charge in [-0.2, -0.15) is 13.2 Å². The van der Waals surface area contributed by atoms with Gasteiger partial charge in [0, 0.05) is 0 Å². The van der Waals surface area contributed by atoms with Gasteiger partial charge in [0.05, 0.1) is 10.8 Å². The third-order valence-corrected chi connectivity index (χ3v) is 7.73. The zero-order valence-corrected chi connectivity index (χ0v) is 20.9. The number of halogens is 3. The number of ether oxygens (including phenoxy) is 2. The van der Waals surface area contributed by atoms with Crippen LogP contribution in [-0.2, 0) is 29.1 Å². The van der Waals surface area contributed by atoms with Gasteiger partial charge >= 0.3 is 18.1 Å². The van der Waals surface area contributed by atoms with E-state index in [1.165, 1.54) is 7.05 Å². The molecule has 0 aromatic rings. The van der Waals surface area contributed by atoms with Crippen LogP contribution in [0.5, 0.6) is 0 Å². The largest absolute Gasteiger partial charge is 0.461 e. The Hall–Kier alpha value is -1.36. The Morgan fingerprint density at radius 1 is 0.938 bits per heavy atom. The van der Waals surface area contributed by atoms with E-state index in [4.69, 9.17) is 4.74 Å². The molecule has 0 heterocycles. The summed E-state index contributed by atoms with van der Waals surface area (Å²) in [5.74, 6) is -1.12. The molecule has 1 fully saturated rings. The zero-order chi connectivity index (χ0) is 25.4. The summed E-state index contributed by atoms with van der Waals surface area (Å²) in [6.45, 7) is 8.87. The van der Waals surface area contributed by atoms with Crippen LogP contribution in [0.1, 0.15) is 80.1 Å². The molecule has 0 spiro atoms. The van der Waals surface area contributed by atoms with Gasteiger partial charge in [0.2, 0.25) is 10.0 Å². The Kier molecular flexibility index (Phi) is 11.7. The Morgan fingerprint density at radius 2 is 1.41 bits per heavy atom. The van der Waals surface area contributed by atoms with Gasteiger partial charge in [0.15, 0.2) is 6.61 Å². The molecule has 0 saturated heterocycles. The maximum atomic E-state index is 12.1. The standard InChI is InChI=1S/C13H25NO4S.C8H13F3O2/c1-5-13(2,3)12(15)18-10-8-6-7-9-11(10)19(16,17)14-4;1-4-7(2,3)6(12)13-5-8(9,10)11/h10-11,14H,5-9H2,1-4H3;4-5H2,1-3H3. The van der Waals surface area contributed by atoms with E-state index in [0.29, 0.717) is 25.7 Å². The van der Waals surface area contributed by atoms with Crippen molar-refractivity contribution < 1.29 is 40.7 Å². The topological polar surface area (TPSA) is 98.8 Å². The average Bonchev–Trinajstić information content (AvgIpc) is 2.72. The zero-order valence-electron chi connectivity index (χ0n) is 20.1. The van der Waals surface area contributed by atoms with Crippen LogP contribution < -0.4 is 4.72 Å². The molecule has 11 heteroatoms.